The van der Waals surface area contributed by atoms with Crippen LogP contribution in [0, 0.1) is 12.8 Å². The van der Waals surface area contributed by atoms with Gasteiger partial charge in [0, 0.05) is 54.6 Å². The topological polar surface area (TPSA) is 177 Å². The summed E-state index contributed by atoms with van der Waals surface area (Å²) in [7, 11) is -2.48. The molecule has 1 unspecified atom stereocenters. The molecule has 14 nitrogen and oxygen atoms in total. The van der Waals surface area contributed by atoms with Gasteiger partial charge in [-0.25, -0.2) is 27.2 Å². The maximum Gasteiger partial charge on any atom is 0.265 e. The van der Waals surface area contributed by atoms with Crippen molar-refractivity contribution in [1.82, 2.24) is 29.8 Å². The molecule has 4 atom stereocenters. The van der Waals surface area contributed by atoms with Crippen molar-refractivity contribution in [3.63, 3.8) is 0 Å². The number of carbonyl (C=O) groups is 4. The van der Waals surface area contributed by atoms with Crippen LogP contribution in [-0.2, 0) is 29.2 Å². The lowest BCUT2D eigenvalue weighted by molar-refractivity contribution is -0.147. The molecule has 1 aromatic carbocycles. The number of methoxy groups -OCH3 is 1. The summed E-state index contributed by atoms with van der Waals surface area (Å²) in [5.74, 6) is -6.09. The molecule has 1 aliphatic carbocycles. The van der Waals surface area contributed by atoms with Crippen molar-refractivity contribution in [2.45, 2.75) is 126 Å². The molecule has 3 fully saturated rings. The summed E-state index contributed by atoms with van der Waals surface area (Å²) in [6.45, 7) is 13.3. The highest BCUT2D eigenvalue weighted by atomic mass is 32.2. The number of sulfonamides is 1. The number of nitrogens with one attached hydrogen (secondary N) is 2. The number of alkyl halides is 2. The Morgan fingerprint density at radius 1 is 1.12 bits per heavy atom. The minimum Gasteiger partial charge on any atom is -0.496 e. The average Bonchev–Trinajstić information content (AvgIpc) is 3.87. The number of amides is 4. The number of hydrogen-bond acceptors (Lipinski definition) is 11. The number of carbonyl (C=O) groups excluding carboxylic acids is 4. The number of rotatable bonds is 11. The number of likely N-dealkylation sites (tertiary alicyclic amines) is 1. The molecule has 0 bridgehead atoms. The molecule has 5 heterocycles. The molecule has 350 valence electrons. The summed E-state index contributed by atoms with van der Waals surface area (Å²) >= 11 is 1.44. The summed E-state index contributed by atoms with van der Waals surface area (Å²) in [6.07, 6.45) is 5.87. The van der Waals surface area contributed by atoms with E-state index in [-0.39, 0.29) is 44.7 Å². The van der Waals surface area contributed by atoms with Crippen LogP contribution in [0.3, 0.4) is 0 Å². The van der Waals surface area contributed by atoms with Gasteiger partial charge in [-0.3, -0.25) is 23.9 Å². The monoisotopic (exact) mass is 936 g/mol. The van der Waals surface area contributed by atoms with E-state index in [1.807, 2.05) is 38.3 Å². The number of aromatic nitrogens is 2. The van der Waals surface area contributed by atoms with Crippen LogP contribution in [0.25, 0.3) is 21.6 Å². The van der Waals surface area contributed by atoms with Crippen LogP contribution in [0.5, 0.6) is 11.5 Å². The Hall–Kier alpha value is -5.23. The predicted octanol–water partition coefficient (Wildman–Crippen LogP) is 7.14. The largest absolute Gasteiger partial charge is 0.496 e. The molecule has 3 aromatic rings. The lowest BCUT2D eigenvalue weighted by Gasteiger charge is -2.35. The molecule has 2 saturated heterocycles. The number of aryl methyl sites for hydroxylation is 1. The van der Waals surface area contributed by atoms with Gasteiger partial charge in [-0.05, 0) is 69.9 Å². The number of hydrogen-bond donors (Lipinski definition) is 2. The third kappa shape index (κ3) is 10.6. The molecule has 4 aliphatic rings. The molecular formula is C47H58F2N6O8S2. The highest BCUT2D eigenvalue weighted by Crippen LogP contribution is 2.39. The van der Waals surface area contributed by atoms with E-state index >= 15 is 4.79 Å². The van der Waals surface area contributed by atoms with Crippen molar-refractivity contribution in [3.8, 4) is 22.2 Å². The molecule has 7 rings (SSSR count). The Bertz CT molecular complexity index is 2510. The van der Waals surface area contributed by atoms with Crippen molar-refractivity contribution < 1.29 is 45.9 Å². The summed E-state index contributed by atoms with van der Waals surface area (Å²) in [4.78, 5) is 70.1. The number of halogens is 2. The molecule has 18 heteroatoms. The Morgan fingerprint density at radius 2 is 1.89 bits per heavy atom. The highest BCUT2D eigenvalue weighted by Gasteiger charge is 2.49. The van der Waals surface area contributed by atoms with Crippen molar-refractivity contribution in [2.75, 3.05) is 26.7 Å². The van der Waals surface area contributed by atoms with E-state index in [2.05, 4.69) is 23.2 Å². The third-order valence-corrected chi connectivity index (χ3v) is 15.5. The van der Waals surface area contributed by atoms with E-state index in [1.165, 1.54) is 22.3 Å². The zero-order valence-corrected chi connectivity index (χ0v) is 39.0. The normalized spacial score (nSPS) is 25.0. The summed E-state index contributed by atoms with van der Waals surface area (Å²) < 4.78 is 69.8. The Kier molecular flexibility index (Phi) is 14.2. The van der Waals surface area contributed by atoms with Crippen LogP contribution in [0.4, 0.5) is 8.78 Å². The van der Waals surface area contributed by atoms with Gasteiger partial charge in [0.15, 0.2) is 0 Å². The second-order valence-electron chi connectivity index (χ2n) is 18.0. The van der Waals surface area contributed by atoms with Gasteiger partial charge < -0.3 is 24.6 Å². The van der Waals surface area contributed by atoms with Crippen LogP contribution in [0.2, 0.25) is 0 Å². The van der Waals surface area contributed by atoms with E-state index in [9.17, 15) is 31.6 Å². The molecule has 0 spiro atoms. The van der Waals surface area contributed by atoms with Gasteiger partial charge in [0.05, 0.1) is 42.6 Å². The van der Waals surface area contributed by atoms with E-state index in [0.29, 0.717) is 77.2 Å². The second-order valence-corrected chi connectivity index (χ2v) is 20.8. The number of benzene rings is 1. The first-order valence-corrected chi connectivity index (χ1v) is 24.7. The zero-order chi connectivity index (χ0) is 46.8. The molecule has 1 saturated carbocycles. The minimum absolute atomic E-state index is 0.0862. The van der Waals surface area contributed by atoms with Crippen molar-refractivity contribution >= 4 is 55.9 Å². The Morgan fingerprint density at radius 3 is 2.57 bits per heavy atom. The molecule has 65 heavy (non-hydrogen) atoms. The molecule has 0 radical (unpaired) electrons. The Balaban J connectivity index is 1.28. The van der Waals surface area contributed by atoms with Crippen molar-refractivity contribution in [3.05, 3.63) is 71.8 Å². The van der Waals surface area contributed by atoms with Crippen LogP contribution in [0.15, 0.2) is 60.5 Å². The van der Waals surface area contributed by atoms with Crippen LogP contribution < -0.4 is 19.5 Å². The number of nitrogens with zero attached hydrogens (tertiary/aromatic N) is 4. The number of allylic oxidation sites excluding steroid dienone is 1. The fraction of sp³-hybridized carbons (Fsp3) is 0.532. The first-order valence-electron chi connectivity index (χ1n) is 22.3. The number of ether oxygens (including phenoxy) is 2. The number of pyridine rings is 1. The molecular weight excluding hydrogens is 879 g/mol. The summed E-state index contributed by atoms with van der Waals surface area (Å²) in [5, 5.41) is 5.32. The van der Waals surface area contributed by atoms with Gasteiger partial charge in [0.25, 0.3) is 11.8 Å². The van der Waals surface area contributed by atoms with Gasteiger partial charge in [-0.15, -0.1) is 17.9 Å². The number of piperidine rings is 1. The lowest BCUT2D eigenvalue weighted by Crippen LogP contribution is -2.61. The van der Waals surface area contributed by atoms with Gasteiger partial charge in [-0.2, -0.15) is 0 Å². The first-order chi connectivity index (χ1) is 30.8. The van der Waals surface area contributed by atoms with Crippen molar-refractivity contribution in [1.29, 1.82) is 0 Å². The molecule has 4 amide bonds. The summed E-state index contributed by atoms with van der Waals surface area (Å²) in [6, 6.07) is 4.08. The van der Waals surface area contributed by atoms with Crippen LogP contribution >= 0.6 is 11.3 Å². The van der Waals surface area contributed by atoms with Crippen LogP contribution in [0.1, 0.15) is 102 Å². The maximum atomic E-state index is 15.1. The van der Waals surface area contributed by atoms with E-state index in [0.717, 1.165) is 16.2 Å². The summed E-state index contributed by atoms with van der Waals surface area (Å²) in [5.41, 5.74) is 1.26. The SMILES string of the molecule is C=C[C@]1(C(=O)NS(=O)(=O)C2CC2)C/C=C\CCCCC(=C)[C@H](CC(=O)N2CCCC(F)(F)C2)C(=O)N2CC(Oc3cc(-c4nc(C(C)C)cs4)nc4c(C)c(OC)ccc34)C[C@H]2C(=O)N1. The smallest absolute Gasteiger partial charge is 0.265 e. The van der Waals surface area contributed by atoms with Gasteiger partial charge >= 0.3 is 0 Å². The molecule has 2 aromatic heterocycles. The van der Waals surface area contributed by atoms with Gasteiger partial charge in [0.2, 0.25) is 27.7 Å². The highest BCUT2D eigenvalue weighted by molar-refractivity contribution is 7.91. The van der Waals surface area contributed by atoms with E-state index < -0.39 is 81.4 Å². The standard InChI is InChI=1S/C47H58F2N6O8S2/c1-7-46(45(59)53-65(60,61)32-15-16-32)19-12-10-8-9-11-14-29(4)34(23-40(56)54-21-13-20-47(48,49)27-54)44(58)55-25-31(22-37(55)42(57)52-46)63-39-24-35(43-51-36(26-64-43)28(2)3)50-41-30(5)38(62-6)18-17-33(39)41/h7,10,12,17-18,24,26,28,31-32,34,37H,1,4,8-9,11,13-16,19-23,25,27H2,2-3,5-6H3,(H,52,57)(H,53,59)/b12-10-/t31?,34-,37-,46+/m0/s1. The first kappa shape index (κ1) is 47.7. The van der Waals surface area contributed by atoms with E-state index in [4.69, 9.17) is 19.4 Å². The zero-order valence-electron chi connectivity index (χ0n) is 37.4. The van der Waals surface area contributed by atoms with Crippen molar-refractivity contribution in [2.24, 2.45) is 5.92 Å². The minimum atomic E-state index is -4.05. The Labute approximate surface area is 383 Å². The average molecular weight is 937 g/mol. The maximum absolute atomic E-state index is 15.1. The predicted molar refractivity (Wildman–Crippen MR) is 244 cm³/mol. The third-order valence-electron chi connectivity index (χ3n) is 12.8. The molecule has 2 N–H and O–H groups in total. The van der Waals surface area contributed by atoms with E-state index in [1.54, 1.807) is 25.3 Å². The lowest BCUT2D eigenvalue weighted by atomic mass is 9.90. The van der Waals surface area contributed by atoms with Gasteiger partial charge in [0.1, 0.15) is 39.9 Å². The fourth-order valence-corrected chi connectivity index (χ4v) is 11.0. The number of thiazole rings is 1. The quantitative estimate of drug-likeness (QED) is 0.188. The van der Waals surface area contributed by atoms with Crippen LogP contribution in [-0.4, -0.2) is 107 Å². The fourth-order valence-electron chi connectivity index (χ4n) is 8.71. The number of fused-ring (bicyclic) bond motifs is 2. The molecule has 3 aliphatic heterocycles. The second kappa shape index (κ2) is 19.3. The van der Waals surface area contributed by atoms with Gasteiger partial charge in [-0.1, -0.05) is 44.2 Å².